The first-order valence-electron chi connectivity index (χ1n) is 6.15. The Labute approximate surface area is 112 Å². The van der Waals surface area contributed by atoms with Crippen LogP contribution >= 0.6 is 0 Å². The van der Waals surface area contributed by atoms with Crippen LogP contribution in [0.15, 0.2) is 23.8 Å². The van der Waals surface area contributed by atoms with Gasteiger partial charge >= 0.3 is 5.97 Å². The molecule has 1 aliphatic rings. The number of aliphatic carboxylic acids is 1. The second kappa shape index (κ2) is 4.53. The van der Waals surface area contributed by atoms with E-state index in [1.54, 1.807) is 6.08 Å². The first-order chi connectivity index (χ1) is 8.77. The number of hydrogen-bond donors (Lipinski definition) is 2. The van der Waals surface area contributed by atoms with E-state index in [1.807, 2.05) is 39.0 Å². The third kappa shape index (κ3) is 2.84. The summed E-state index contributed by atoms with van der Waals surface area (Å²) in [5, 5.41) is 12.0. The molecule has 0 fully saturated rings. The standard InChI is InChI=1S/C15H17NO3/c1-15(2,3)11(14(18)19)7-9-4-5-12-10(6-9)8-13(17)16-12/h4-7H,8H2,1-3H3,(H,16,17)(H,18,19). The second-order valence-corrected chi connectivity index (χ2v) is 5.75. The van der Waals surface area contributed by atoms with E-state index in [9.17, 15) is 14.7 Å². The normalized spacial score (nSPS) is 15.1. The molecule has 0 aliphatic carbocycles. The number of anilines is 1. The Hall–Kier alpha value is -2.10. The van der Waals surface area contributed by atoms with Crippen LogP contribution in [0.2, 0.25) is 0 Å². The minimum Gasteiger partial charge on any atom is -0.478 e. The quantitative estimate of drug-likeness (QED) is 0.802. The molecule has 0 unspecified atom stereocenters. The molecular formula is C15H17NO3. The van der Waals surface area contributed by atoms with Gasteiger partial charge < -0.3 is 10.4 Å². The lowest BCUT2D eigenvalue weighted by Gasteiger charge is -2.19. The summed E-state index contributed by atoms with van der Waals surface area (Å²) in [6.45, 7) is 5.60. The van der Waals surface area contributed by atoms with Gasteiger partial charge in [-0.2, -0.15) is 0 Å². The van der Waals surface area contributed by atoms with E-state index in [1.165, 1.54) is 0 Å². The maximum Gasteiger partial charge on any atom is 0.332 e. The zero-order valence-corrected chi connectivity index (χ0v) is 11.3. The van der Waals surface area contributed by atoms with Crippen molar-refractivity contribution in [3.8, 4) is 0 Å². The fourth-order valence-corrected chi connectivity index (χ4v) is 2.10. The number of carboxylic acids is 1. The predicted molar refractivity (Wildman–Crippen MR) is 73.8 cm³/mol. The van der Waals surface area contributed by atoms with Crippen LogP contribution in [0.4, 0.5) is 5.69 Å². The number of hydrogen-bond acceptors (Lipinski definition) is 2. The molecule has 1 aromatic carbocycles. The van der Waals surface area contributed by atoms with Crippen LogP contribution < -0.4 is 5.32 Å². The van der Waals surface area contributed by atoms with Crippen molar-refractivity contribution in [2.24, 2.45) is 5.41 Å². The van der Waals surface area contributed by atoms with E-state index in [0.717, 1.165) is 16.8 Å². The molecule has 0 saturated heterocycles. The maximum atomic E-state index is 11.3. The Morgan fingerprint density at radius 2 is 2.05 bits per heavy atom. The van der Waals surface area contributed by atoms with Crippen LogP contribution in [0, 0.1) is 5.41 Å². The third-order valence-corrected chi connectivity index (χ3v) is 3.10. The molecule has 100 valence electrons. The summed E-state index contributed by atoms with van der Waals surface area (Å²) in [5.74, 6) is -0.937. The van der Waals surface area contributed by atoms with Crippen LogP contribution in [0.1, 0.15) is 31.9 Å². The number of benzene rings is 1. The van der Waals surface area contributed by atoms with Gasteiger partial charge in [0.15, 0.2) is 0 Å². The van der Waals surface area contributed by atoms with Crippen molar-refractivity contribution in [2.75, 3.05) is 5.32 Å². The largest absolute Gasteiger partial charge is 0.478 e. The molecule has 1 amide bonds. The van der Waals surface area contributed by atoms with Crippen molar-refractivity contribution < 1.29 is 14.7 Å². The van der Waals surface area contributed by atoms with Gasteiger partial charge in [-0.1, -0.05) is 26.8 Å². The molecule has 0 atom stereocenters. The molecule has 1 aromatic rings. The molecule has 2 rings (SSSR count). The fourth-order valence-electron chi connectivity index (χ4n) is 2.10. The average Bonchev–Trinajstić information content (AvgIpc) is 2.63. The summed E-state index contributed by atoms with van der Waals surface area (Å²) in [7, 11) is 0. The van der Waals surface area contributed by atoms with Gasteiger partial charge in [-0.3, -0.25) is 4.79 Å². The van der Waals surface area contributed by atoms with Crippen LogP contribution in [-0.4, -0.2) is 17.0 Å². The molecule has 4 heteroatoms. The fraction of sp³-hybridized carbons (Fsp3) is 0.333. The molecular weight excluding hydrogens is 242 g/mol. The lowest BCUT2D eigenvalue weighted by atomic mass is 9.85. The van der Waals surface area contributed by atoms with E-state index in [0.29, 0.717) is 12.0 Å². The SMILES string of the molecule is CC(C)(C)C(=Cc1ccc2c(c1)CC(=O)N2)C(=O)O. The predicted octanol–water partition coefficient (Wildman–Crippen LogP) is 2.70. The van der Waals surface area contributed by atoms with Crippen molar-refractivity contribution in [2.45, 2.75) is 27.2 Å². The van der Waals surface area contributed by atoms with E-state index < -0.39 is 11.4 Å². The highest BCUT2D eigenvalue weighted by Gasteiger charge is 2.24. The number of nitrogens with one attached hydrogen (secondary N) is 1. The van der Waals surface area contributed by atoms with Crippen molar-refractivity contribution in [3.63, 3.8) is 0 Å². The smallest absolute Gasteiger partial charge is 0.332 e. The molecule has 0 saturated carbocycles. The van der Waals surface area contributed by atoms with Crippen molar-refractivity contribution >= 4 is 23.6 Å². The van der Waals surface area contributed by atoms with Gasteiger partial charge in [-0.05, 0) is 34.8 Å². The summed E-state index contributed by atoms with van der Waals surface area (Å²) in [6.07, 6.45) is 2.03. The number of fused-ring (bicyclic) bond motifs is 1. The van der Waals surface area contributed by atoms with E-state index in [4.69, 9.17) is 0 Å². The van der Waals surface area contributed by atoms with Gasteiger partial charge in [0.1, 0.15) is 0 Å². The summed E-state index contributed by atoms with van der Waals surface area (Å²) in [5.41, 5.74) is 2.46. The topological polar surface area (TPSA) is 66.4 Å². The van der Waals surface area contributed by atoms with E-state index in [-0.39, 0.29) is 5.91 Å². The Morgan fingerprint density at radius 3 is 2.63 bits per heavy atom. The van der Waals surface area contributed by atoms with Gasteiger partial charge in [-0.15, -0.1) is 0 Å². The van der Waals surface area contributed by atoms with E-state index in [2.05, 4.69) is 5.32 Å². The van der Waals surface area contributed by atoms with Crippen molar-refractivity contribution in [3.05, 3.63) is 34.9 Å². The van der Waals surface area contributed by atoms with Crippen LogP contribution in [0.3, 0.4) is 0 Å². The lowest BCUT2D eigenvalue weighted by molar-refractivity contribution is -0.133. The van der Waals surface area contributed by atoms with Gasteiger partial charge in [0.25, 0.3) is 0 Å². The average molecular weight is 259 g/mol. The maximum absolute atomic E-state index is 11.3. The monoisotopic (exact) mass is 259 g/mol. The Morgan fingerprint density at radius 1 is 1.37 bits per heavy atom. The van der Waals surface area contributed by atoms with Crippen LogP contribution in [-0.2, 0) is 16.0 Å². The minimum absolute atomic E-state index is 0.0228. The number of carboxylic acid groups (broad SMARTS) is 1. The number of carbonyl (C=O) groups excluding carboxylic acids is 1. The van der Waals surface area contributed by atoms with Crippen molar-refractivity contribution in [1.82, 2.24) is 0 Å². The molecule has 1 heterocycles. The third-order valence-electron chi connectivity index (χ3n) is 3.10. The van der Waals surface area contributed by atoms with Crippen LogP contribution in [0.5, 0.6) is 0 Å². The molecule has 0 radical (unpaired) electrons. The zero-order chi connectivity index (χ0) is 14.2. The lowest BCUT2D eigenvalue weighted by Crippen LogP contribution is -2.17. The second-order valence-electron chi connectivity index (χ2n) is 5.75. The Kier molecular flexibility index (Phi) is 3.18. The minimum atomic E-state index is -0.915. The molecule has 2 N–H and O–H groups in total. The Bertz CT molecular complexity index is 580. The summed E-state index contributed by atoms with van der Waals surface area (Å²) in [6, 6.07) is 5.50. The molecule has 0 spiro atoms. The Balaban J connectivity index is 2.40. The highest BCUT2D eigenvalue weighted by atomic mass is 16.4. The number of amides is 1. The summed E-state index contributed by atoms with van der Waals surface area (Å²) in [4.78, 5) is 22.6. The molecule has 1 aliphatic heterocycles. The molecule has 19 heavy (non-hydrogen) atoms. The van der Waals surface area contributed by atoms with Crippen LogP contribution in [0.25, 0.3) is 6.08 Å². The van der Waals surface area contributed by atoms with Gasteiger partial charge in [0.05, 0.1) is 6.42 Å². The molecule has 4 nitrogen and oxygen atoms in total. The van der Waals surface area contributed by atoms with E-state index >= 15 is 0 Å². The molecule has 0 aromatic heterocycles. The first kappa shape index (κ1) is 13.3. The van der Waals surface area contributed by atoms with Gasteiger partial charge in [0, 0.05) is 11.3 Å². The number of carbonyl (C=O) groups is 2. The summed E-state index contributed by atoms with van der Waals surface area (Å²) < 4.78 is 0. The zero-order valence-electron chi connectivity index (χ0n) is 11.3. The number of rotatable bonds is 2. The van der Waals surface area contributed by atoms with Gasteiger partial charge in [0.2, 0.25) is 5.91 Å². The highest BCUT2D eigenvalue weighted by molar-refractivity contribution is 5.99. The summed E-state index contributed by atoms with van der Waals surface area (Å²) >= 11 is 0. The van der Waals surface area contributed by atoms with Gasteiger partial charge in [-0.25, -0.2) is 4.79 Å². The van der Waals surface area contributed by atoms with Crippen molar-refractivity contribution in [1.29, 1.82) is 0 Å². The first-order valence-corrected chi connectivity index (χ1v) is 6.15. The highest BCUT2D eigenvalue weighted by Crippen LogP contribution is 2.29. The molecule has 0 bridgehead atoms.